The number of ether oxygens (including phenoxy) is 1. The van der Waals surface area contributed by atoms with E-state index in [0.29, 0.717) is 0 Å². The Bertz CT molecular complexity index is 2630. The highest BCUT2D eigenvalue weighted by atomic mass is 16.5. The lowest BCUT2D eigenvalue weighted by atomic mass is 9.88. The van der Waals surface area contributed by atoms with Gasteiger partial charge in [-0.3, -0.25) is 0 Å². The molecule has 0 fully saturated rings. The third-order valence-corrected chi connectivity index (χ3v) is 9.27. The molecule has 0 amide bonds. The summed E-state index contributed by atoms with van der Waals surface area (Å²) in [4.78, 5) is 0. The molecule has 0 N–H and O–H groups in total. The van der Waals surface area contributed by atoms with Gasteiger partial charge in [0.15, 0.2) is 0 Å². The quantitative estimate of drug-likeness (QED) is 0.210. The van der Waals surface area contributed by atoms with Gasteiger partial charge in [0, 0.05) is 21.7 Å². The Balaban J connectivity index is 1.21. The van der Waals surface area contributed by atoms with Crippen molar-refractivity contribution in [2.45, 2.75) is 0 Å². The standard InChI is InChI=1S/C42H24O2/c1-2-11-29-25(8-1)18-23-39-41(29)42-33(15-7-17-38(42)44-39)32-21-20-28(30-12-3-4-13-31(30)32)27-19-22-36-35(24-27)34-14-5-9-26-10-6-16-37(43-36)40(26)34/h1-24H. The predicted octanol–water partition coefficient (Wildman–Crippen LogP) is 12.2. The number of rotatable bonds is 2. The monoisotopic (exact) mass is 560 g/mol. The average molecular weight is 561 g/mol. The molecule has 9 aromatic rings. The predicted molar refractivity (Wildman–Crippen MR) is 183 cm³/mol. The molecule has 1 aliphatic heterocycles. The van der Waals surface area contributed by atoms with Gasteiger partial charge in [-0.2, -0.15) is 0 Å². The molecule has 10 rings (SSSR count). The highest BCUT2D eigenvalue weighted by molar-refractivity contribution is 6.24. The van der Waals surface area contributed by atoms with E-state index in [0.717, 1.165) is 33.6 Å². The van der Waals surface area contributed by atoms with Crippen LogP contribution in [0.5, 0.6) is 11.5 Å². The smallest absolute Gasteiger partial charge is 0.136 e. The van der Waals surface area contributed by atoms with Gasteiger partial charge in [-0.05, 0) is 85.1 Å². The molecular weight excluding hydrogens is 536 g/mol. The summed E-state index contributed by atoms with van der Waals surface area (Å²) in [6.07, 6.45) is 0. The van der Waals surface area contributed by atoms with E-state index >= 15 is 0 Å². The molecule has 2 heteroatoms. The summed E-state index contributed by atoms with van der Waals surface area (Å²) >= 11 is 0. The second kappa shape index (κ2) is 8.82. The van der Waals surface area contributed by atoms with Gasteiger partial charge in [-0.25, -0.2) is 0 Å². The zero-order valence-corrected chi connectivity index (χ0v) is 23.7. The zero-order chi connectivity index (χ0) is 28.8. The van der Waals surface area contributed by atoms with E-state index in [4.69, 9.17) is 9.15 Å². The number of hydrogen-bond acceptors (Lipinski definition) is 2. The fourth-order valence-corrected chi connectivity index (χ4v) is 7.33. The van der Waals surface area contributed by atoms with Gasteiger partial charge in [0.05, 0.1) is 0 Å². The van der Waals surface area contributed by atoms with E-state index in [1.165, 1.54) is 65.5 Å². The summed E-state index contributed by atoms with van der Waals surface area (Å²) in [5, 5.41) is 9.56. The summed E-state index contributed by atoms with van der Waals surface area (Å²) in [6, 6.07) is 51.9. The van der Waals surface area contributed by atoms with Crippen LogP contribution < -0.4 is 4.74 Å². The van der Waals surface area contributed by atoms with E-state index in [2.05, 4.69) is 146 Å². The molecule has 8 aromatic carbocycles. The van der Waals surface area contributed by atoms with Gasteiger partial charge in [0.1, 0.15) is 22.7 Å². The lowest BCUT2D eigenvalue weighted by molar-refractivity contribution is 0.487. The van der Waals surface area contributed by atoms with Crippen molar-refractivity contribution in [3.8, 4) is 44.9 Å². The molecular formula is C42H24O2. The normalized spacial score (nSPS) is 12.3. The zero-order valence-electron chi connectivity index (χ0n) is 23.7. The van der Waals surface area contributed by atoms with Crippen molar-refractivity contribution < 1.29 is 9.15 Å². The first kappa shape index (κ1) is 23.7. The molecule has 0 bridgehead atoms. The molecule has 0 radical (unpaired) electrons. The van der Waals surface area contributed by atoms with E-state index in [1.807, 2.05) is 0 Å². The van der Waals surface area contributed by atoms with Crippen LogP contribution in [0.3, 0.4) is 0 Å². The van der Waals surface area contributed by atoms with Crippen molar-refractivity contribution in [3.63, 3.8) is 0 Å². The number of benzene rings is 8. The first-order valence-electron chi connectivity index (χ1n) is 15.0. The summed E-state index contributed by atoms with van der Waals surface area (Å²) in [5.74, 6) is 1.81. The lowest BCUT2D eigenvalue weighted by Gasteiger charge is -2.22. The van der Waals surface area contributed by atoms with Crippen molar-refractivity contribution in [1.29, 1.82) is 0 Å². The molecule has 2 nitrogen and oxygen atoms in total. The van der Waals surface area contributed by atoms with Crippen LogP contribution in [-0.4, -0.2) is 0 Å². The van der Waals surface area contributed by atoms with Gasteiger partial charge < -0.3 is 9.15 Å². The molecule has 0 saturated heterocycles. The topological polar surface area (TPSA) is 22.4 Å². The fraction of sp³-hybridized carbons (Fsp3) is 0. The Hall–Kier alpha value is -5.86. The minimum atomic E-state index is 0.895. The van der Waals surface area contributed by atoms with Gasteiger partial charge >= 0.3 is 0 Å². The van der Waals surface area contributed by atoms with Crippen molar-refractivity contribution in [2.75, 3.05) is 0 Å². The van der Waals surface area contributed by atoms with Gasteiger partial charge in [0.2, 0.25) is 0 Å². The van der Waals surface area contributed by atoms with Crippen molar-refractivity contribution in [2.24, 2.45) is 0 Å². The molecule has 0 spiro atoms. The van der Waals surface area contributed by atoms with Crippen molar-refractivity contribution >= 4 is 54.3 Å². The van der Waals surface area contributed by atoms with Gasteiger partial charge in [-0.1, -0.05) is 115 Å². The number of hydrogen-bond donors (Lipinski definition) is 0. The molecule has 204 valence electrons. The molecule has 0 atom stereocenters. The molecule has 1 aliphatic rings. The SMILES string of the molecule is c1cc2c3c(cccc3c1)-c1cc(-c3ccc(-c4cccc5oc6ccc7ccccc7c6c45)c4ccccc34)ccc1O2. The molecule has 0 unspecified atom stereocenters. The van der Waals surface area contributed by atoms with E-state index in [9.17, 15) is 0 Å². The highest BCUT2D eigenvalue weighted by Gasteiger charge is 2.22. The summed E-state index contributed by atoms with van der Waals surface area (Å²) in [5.41, 5.74) is 8.92. The third kappa shape index (κ3) is 3.25. The second-order valence-corrected chi connectivity index (χ2v) is 11.6. The third-order valence-electron chi connectivity index (χ3n) is 9.27. The molecule has 0 saturated carbocycles. The van der Waals surface area contributed by atoms with Crippen LogP contribution in [-0.2, 0) is 0 Å². The molecule has 0 aliphatic carbocycles. The Morgan fingerprint density at radius 3 is 1.91 bits per heavy atom. The van der Waals surface area contributed by atoms with E-state index in [-0.39, 0.29) is 0 Å². The molecule has 44 heavy (non-hydrogen) atoms. The van der Waals surface area contributed by atoms with Crippen molar-refractivity contribution in [3.05, 3.63) is 146 Å². The number of furan rings is 1. The Labute approximate surface area is 253 Å². The van der Waals surface area contributed by atoms with Gasteiger partial charge in [0.25, 0.3) is 0 Å². The van der Waals surface area contributed by atoms with Gasteiger partial charge in [-0.15, -0.1) is 0 Å². The fourth-order valence-electron chi connectivity index (χ4n) is 7.33. The maximum absolute atomic E-state index is 6.42. The first-order chi connectivity index (χ1) is 21.8. The number of fused-ring (bicyclic) bond motifs is 8. The second-order valence-electron chi connectivity index (χ2n) is 11.6. The maximum atomic E-state index is 6.42. The summed E-state index contributed by atoms with van der Waals surface area (Å²) in [6.45, 7) is 0. The largest absolute Gasteiger partial charge is 0.456 e. The summed E-state index contributed by atoms with van der Waals surface area (Å²) in [7, 11) is 0. The summed E-state index contributed by atoms with van der Waals surface area (Å²) < 4.78 is 12.8. The molecule has 1 aromatic heterocycles. The van der Waals surface area contributed by atoms with Crippen LogP contribution in [0.15, 0.2) is 150 Å². The Morgan fingerprint density at radius 1 is 0.341 bits per heavy atom. The lowest BCUT2D eigenvalue weighted by Crippen LogP contribution is -1.97. The van der Waals surface area contributed by atoms with Crippen LogP contribution in [0.1, 0.15) is 0 Å². The van der Waals surface area contributed by atoms with Crippen LogP contribution in [0.25, 0.3) is 87.6 Å². The average Bonchev–Trinajstić information content (AvgIpc) is 3.48. The Kier molecular flexibility index (Phi) is 4.75. The van der Waals surface area contributed by atoms with E-state index < -0.39 is 0 Å². The van der Waals surface area contributed by atoms with Crippen LogP contribution >= 0.6 is 0 Å². The van der Waals surface area contributed by atoms with E-state index in [1.54, 1.807) is 0 Å². The van der Waals surface area contributed by atoms with Crippen LogP contribution in [0, 0.1) is 0 Å². The minimum Gasteiger partial charge on any atom is -0.456 e. The van der Waals surface area contributed by atoms with Crippen LogP contribution in [0.2, 0.25) is 0 Å². The Morgan fingerprint density at radius 2 is 1.02 bits per heavy atom. The minimum absolute atomic E-state index is 0.895. The van der Waals surface area contributed by atoms with Crippen molar-refractivity contribution in [1.82, 2.24) is 0 Å². The maximum Gasteiger partial charge on any atom is 0.136 e. The first-order valence-corrected chi connectivity index (χ1v) is 15.0. The highest BCUT2D eigenvalue weighted by Crippen LogP contribution is 2.49. The molecule has 2 heterocycles. The van der Waals surface area contributed by atoms with Crippen LogP contribution in [0.4, 0.5) is 0 Å².